The summed E-state index contributed by atoms with van der Waals surface area (Å²) in [7, 11) is 1.93. The summed E-state index contributed by atoms with van der Waals surface area (Å²) in [5, 5.41) is 17.9. The Morgan fingerprint density at radius 1 is 1.30 bits per heavy atom. The fraction of sp³-hybridized carbons (Fsp3) is 0.562. The summed E-state index contributed by atoms with van der Waals surface area (Å²) in [5.41, 5.74) is 4.95. The van der Waals surface area contributed by atoms with Gasteiger partial charge in [-0.2, -0.15) is 10.2 Å². The van der Waals surface area contributed by atoms with Crippen molar-refractivity contribution in [2.75, 3.05) is 6.54 Å². The Labute approximate surface area is 135 Å². The Balaban J connectivity index is 1.63. The minimum atomic E-state index is -0.0620. The monoisotopic (exact) mass is 317 g/mol. The zero-order valence-corrected chi connectivity index (χ0v) is 13.9. The molecule has 1 amide bonds. The molecule has 0 aromatic carbocycles. The number of amides is 1. The van der Waals surface area contributed by atoms with Crippen molar-refractivity contribution in [1.29, 1.82) is 0 Å². The molecule has 0 unspecified atom stereocenters. The maximum atomic E-state index is 12.5. The van der Waals surface area contributed by atoms with E-state index in [1.165, 1.54) is 5.56 Å². The highest BCUT2D eigenvalue weighted by molar-refractivity contribution is 5.76. The first-order chi connectivity index (χ1) is 11.0. The lowest BCUT2D eigenvalue weighted by atomic mass is 10.1. The van der Waals surface area contributed by atoms with Gasteiger partial charge in [0.05, 0.1) is 36.8 Å². The number of fused-ring (bicyclic) bond motifs is 1. The van der Waals surface area contributed by atoms with Crippen LogP contribution in [0.4, 0.5) is 0 Å². The first-order valence-corrected chi connectivity index (χ1v) is 7.93. The molecule has 124 valence electrons. The summed E-state index contributed by atoms with van der Waals surface area (Å²) in [6.45, 7) is 5.89. The minimum Gasteiger partial charge on any atom is -0.390 e. The molecule has 7 nitrogen and oxygen atoms in total. The zero-order chi connectivity index (χ0) is 16.6. The van der Waals surface area contributed by atoms with E-state index in [-0.39, 0.29) is 12.5 Å². The summed E-state index contributed by atoms with van der Waals surface area (Å²) in [6, 6.07) is 1.87. The molecule has 0 fully saturated rings. The van der Waals surface area contributed by atoms with Crippen LogP contribution in [0.3, 0.4) is 0 Å². The molecular weight excluding hydrogens is 294 g/mol. The Morgan fingerprint density at radius 3 is 2.74 bits per heavy atom. The van der Waals surface area contributed by atoms with Crippen molar-refractivity contribution in [3.8, 4) is 0 Å². The van der Waals surface area contributed by atoms with Gasteiger partial charge in [0.2, 0.25) is 5.91 Å². The molecule has 2 aromatic heterocycles. The van der Waals surface area contributed by atoms with Gasteiger partial charge in [0, 0.05) is 25.7 Å². The SMILES string of the molecule is Cc1nn(C)c(C)c1CCC(=O)N1CCn2nc(CO)cc2C1. The molecule has 0 radical (unpaired) electrons. The lowest BCUT2D eigenvalue weighted by molar-refractivity contribution is -0.132. The lowest BCUT2D eigenvalue weighted by Gasteiger charge is -2.27. The molecule has 0 saturated carbocycles. The number of nitrogens with zero attached hydrogens (tertiary/aromatic N) is 5. The predicted molar refractivity (Wildman–Crippen MR) is 84.6 cm³/mol. The number of aryl methyl sites for hydroxylation is 2. The Bertz CT molecular complexity index is 731. The lowest BCUT2D eigenvalue weighted by Crippen LogP contribution is -2.38. The van der Waals surface area contributed by atoms with E-state index in [0.29, 0.717) is 31.7 Å². The molecule has 7 heteroatoms. The molecule has 1 aliphatic heterocycles. The van der Waals surface area contributed by atoms with Crippen LogP contribution in [0.2, 0.25) is 0 Å². The molecule has 0 aliphatic carbocycles. The molecule has 23 heavy (non-hydrogen) atoms. The first kappa shape index (κ1) is 15.7. The Hall–Kier alpha value is -2.15. The van der Waals surface area contributed by atoms with Crippen molar-refractivity contribution in [3.05, 3.63) is 34.4 Å². The maximum Gasteiger partial charge on any atom is 0.223 e. The molecular formula is C16H23N5O2. The molecule has 3 rings (SSSR count). The number of aliphatic hydroxyl groups is 1. The molecule has 2 aromatic rings. The largest absolute Gasteiger partial charge is 0.390 e. The second-order valence-corrected chi connectivity index (χ2v) is 6.10. The number of aliphatic hydroxyl groups excluding tert-OH is 1. The summed E-state index contributed by atoms with van der Waals surface area (Å²) in [6.07, 6.45) is 1.22. The van der Waals surface area contributed by atoms with Gasteiger partial charge in [0.15, 0.2) is 0 Å². The minimum absolute atomic E-state index is 0.0620. The van der Waals surface area contributed by atoms with E-state index in [1.807, 2.05) is 41.2 Å². The van der Waals surface area contributed by atoms with E-state index in [1.54, 1.807) is 0 Å². The molecule has 1 N–H and O–H groups in total. The van der Waals surface area contributed by atoms with Crippen LogP contribution < -0.4 is 0 Å². The third kappa shape index (κ3) is 3.01. The van der Waals surface area contributed by atoms with Gasteiger partial charge >= 0.3 is 0 Å². The molecule has 0 saturated heterocycles. The standard InChI is InChI=1S/C16H23N5O2/c1-11-15(12(2)19(3)17-11)4-5-16(23)20-6-7-21-14(9-20)8-13(10-22)18-21/h8,22H,4-7,9-10H2,1-3H3. The van der Waals surface area contributed by atoms with Crippen LogP contribution >= 0.6 is 0 Å². The maximum absolute atomic E-state index is 12.5. The number of hydrogen-bond donors (Lipinski definition) is 1. The van der Waals surface area contributed by atoms with Crippen LogP contribution in [-0.4, -0.2) is 42.0 Å². The first-order valence-electron chi connectivity index (χ1n) is 7.93. The molecule has 0 spiro atoms. The van der Waals surface area contributed by atoms with E-state index in [0.717, 1.165) is 23.5 Å². The summed E-state index contributed by atoms with van der Waals surface area (Å²) < 4.78 is 3.75. The highest BCUT2D eigenvalue weighted by Gasteiger charge is 2.22. The quantitative estimate of drug-likeness (QED) is 0.900. The Kier molecular flexibility index (Phi) is 4.21. The number of carbonyl (C=O) groups excluding carboxylic acids is 1. The topological polar surface area (TPSA) is 76.2 Å². The molecule has 3 heterocycles. The van der Waals surface area contributed by atoms with Gasteiger partial charge in [-0.1, -0.05) is 0 Å². The summed E-state index contributed by atoms with van der Waals surface area (Å²) in [4.78, 5) is 14.4. The van der Waals surface area contributed by atoms with Gasteiger partial charge in [0.1, 0.15) is 0 Å². The van der Waals surface area contributed by atoms with Crippen LogP contribution in [0.1, 0.15) is 34.8 Å². The second-order valence-electron chi connectivity index (χ2n) is 6.10. The van der Waals surface area contributed by atoms with Crippen molar-refractivity contribution >= 4 is 5.91 Å². The van der Waals surface area contributed by atoms with Gasteiger partial charge in [-0.25, -0.2) is 0 Å². The molecule has 0 bridgehead atoms. The second kappa shape index (κ2) is 6.16. The average molecular weight is 317 g/mol. The smallest absolute Gasteiger partial charge is 0.223 e. The van der Waals surface area contributed by atoms with Gasteiger partial charge in [-0.05, 0) is 31.9 Å². The highest BCUT2D eigenvalue weighted by atomic mass is 16.3. The van der Waals surface area contributed by atoms with Gasteiger partial charge in [0.25, 0.3) is 0 Å². The number of carbonyl (C=O) groups is 1. The van der Waals surface area contributed by atoms with Crippen molar-refractivity contribution < 1.29 is 9.90 Å². The van der Waals surface area contributed by atoms with Crippen molar-refractivity contribution in [2.24, 2.45) is 7.05 Å². The van der Waals surface area contributed by atoms with Crippen LogP contribution in [0.15, 0.2) is 6.07 Å². The van der Waals surface area contributed by atoms with E-state index < -0.39 is 0 Å². The molecule has 1 aliphatic rings. The molecule has 0 atom stereocenters. The average Bonchev–Trinajstić information content (AvgIpc) is 3.06. The van der Waals surface area contributed by atoms with Crippen LogP contribution in [-0.2, 0) is 38.0 Å². The summed E-state index contributed by atoms with van der Waals surface area (Å²) >= 11 is 0. The zero-order valence-electron chi connectivity index (χ0n) is 13.9. The van der Waals surface area contributed by atoms with Crippen LogP contribution in [0.5, 0.6) is 0 Å². The van der Waals surface area contributed by atoms with E-state index in [4.69, 9.17) is 5.11 Å². The number of rotatable bonds is 4. The van der Waals surface area contributed by atoms with E-state index in [2.05, 4.69) is 10.2 Å². The third-order valence-electron chi connectivity index (χ3n) is 4.61. The normalized spacial score (nSPS) is 14.2. The highest BCUT2D eigenvalue weighted by Crippen LogP contribution is 2.18. The Morgan fingerprint density at radius 2 is 2.09 bits per heavy atom. The van der Waals surface area contributed by atoms with Crippen molar-refractivity contribution in [1.82, 2.24) is 24.5 Å². The van der Waals surface area contributed by atoms with Crippen molar-refractivity contribution in [3.63, 3.8) is 0 Å². The fourth-order valence-electron chi connectivity index (χ4n) is 3.19. The predicted octanol–water partition coefficient (Wildman–Crippen LogP) is 0.701. The van der Waals surface area contributed by atoms with E-state index in [9.17, 15) is 4.79 Å². The number of hydrogen-bond acceptors (Lipinski definition) is 4. The van der Waals surface area contributed by atoms with Gasteiger partial charge in [-0.3, -0.25) is 14.2 Å². The van der Waals surface area contributed by atoms with E-state index >= 15 is 0 Å². The van der Waals surface area contributed by atoms with Gasteiger partial charge < -0.3 is 10.0 Å². The van der Waals surface area contributed by atoms with Crippen LogP contribution in [0.25, 0.3) is 0 Å². The van der Waals surface area contributed by atoms with Crippen LogP contribution in [0, 0.1) is 13.8 Å². The van der Waals surface area contributed by atoms with Gasteiger partial charge in [-0.15, -0.1) is 0 Å². The fourth-order valence-corrected chi connectivity index (χ4v) is 3.19. The third-order valence-corrected chi connectivity index (χ3v) is 4.61. The number of aromatic nitrogens is 4. The summed E-state index contributed by atoms with van der Waals surface area (Å²) in [5.74, 6) is 0.158. The van der Waals surface area contributed by atoms with Crippen molar-refractivity contribution in [2.45, 2.75) is 46.4 Å².